The van der Waals surface area contributed by atoms with Crippen molar-refractivity contribution in [2.24, 2.45) is 0 Å². The third kappa shape index (κ3) is 2.82. The summed E-state index contributed by atoms with van der Waals surface area (Å²) in [6.07, 6.45) is 3.77. The molecule has 0 spiro atoms. The van der Waals surface area contributed by atoms with Crippen LogP contribution in [-0.4, -0.2) is 37.1 Å². The molecule has 5 heteroatoms. The van der Waals surface area contributed by atoms with E-state index in [0.717, 1.165) is 18.8 Å². The number of rotatable bonds is 1. The minimum Gasteiger partial charge on any atom is -0.369 e. The second-order valence-electron chi connectivity index (χ2n) is 5.35. The van der Waals surface area contributed by atoms with Crippen LogP contribution in [0, 0.1) is 0 Å². The highest BCUT2D eigenvalue weighted by atomic mass is 35.5. The molecule has 0 bridgehead atoms. The Balaban J connectivity index is 1.86. The monoisotopic (exact) mass is 318 g/mol. The highest BCUT2D eigenvalue weighted by Gasteiger charge is 2.29. The molecule has 0 radical (unpaired) electrons. The van der Waals surface area contributed by atoms with Gasteiger partial charge in [-0.2, -0.15) is 0 Å². The maximum atomic E-state index is 6.33. The third-order valence-electron chi connectivity index (χ3n) is 4.13. The first-order chi connectivity index (χ1) is 9.15. The first kappa shape index (κ1) is 13.8. The average Bonchev–Trinajstić information content (AvgIpc) is 2.71. The van der Waals surface area contributed by atoms with Crippen LogP contribution in [0.1, 0.15) is 19.3 Å². The Morgan fingerprint density at radius 1 is 0.895 bits per heavy atom. The molecule has 2 aliphatic rings. The van der Waals surface area contributed by atoms with Crippen molar-refractivity contribution in [1.29, 1.82) is 0 Å². The predicted octanol–water partition coefficient (Wildman–Crippen LogP) is 4.32. The zero-order chi connectivity index (χ0) is 13.4. The van der Waals surface area contributed by atoms with Gasteiger partial charge in [-0.05, 0) is 37.9 Å². The first-order valence-electron chi connectivity index (χ1n) is 6.78. The summed E-state index contributed by atoms with van der Waals surface area (Å²) < 4.78 is 0. The highest BCUT2D eigenvalue weighted by molar-refractivity contribution is 6.44. The summed E-state index contributed by atoms with van der Waals surface area (Å²) in [6.45, 7) is 4.51. The Hall–Kier alpha value is -0.150. The van der Waals surface area contributed by atoms with Crippen molar-refractivity contribution in [1.82, 2.24) is 4.90 Å². The van der Waals surface area contributed by atoms with Crippen LogP contribution < -0.4 is 4.90 Å². The minimum absolute atomic E-state index is 0.521. The summed E-state index contributed by atoms with van der Waals surface area (Å²) in [4.78, 5) is 4.96. The molecule has 2 saturated heterocycles. The number of halogens is 3. The van der Waals surface area contributed by atoms with E-state index in [0.29, 0.717) is 21.1 Å². The van der Waals surface area contributed by atoms with E-state index in [4.69, 9.17) is 34.8 Å². The van der Waals surface area contributed by atoms with E-state index in [2.05, 4.69) is 9.80 Å². The van der Waals surface area contributed by atoms with Crippen molar-refractivity contribution < 1.29 is 0 Å². The normalized spacial score (nSPS) is 24.4. The number of nitrogens with zero attached hydrogens (tertiary/aromatic N) is 2. The van der Waals surface area contributed by atoms with Gasteiger partial charge in [0.05, 0.1) is 20.8 Å². The maximum absolute atomic E-state index is 6.33. The number of fused-ring (bicyclic) bond motifs is 1. The Bertz CT molecular complexity index is 478. The molecular weight excluding hydrogens is 303 g/mol. The van der Waals surface area contributed by atoms with Gasteiger partial charge in [0.1, 0.15) is 0 Å². The molecule has 2 nitrogen and oxygen atoms in total. The number of hydrogen-bond donors (Lipinski definition) is 0. The van der Waals surface area contributed by atoms with E-state index in [-0.39, 0.29) is 0 Å². The fourth-order valence-corrected chi connectivity index (χ4v) is 3.84. The van der Waals surface area contributed by atoms with Gasteiger partial charge in [-0.15, -0.1) is 0 Å². The molecule has 1 aromatic carbocycles. The largest absolute Gasteiger partial charge is 0.369 e. The highest BCUT2D eigenvalue weighted by Crippen LogP contribution is 2.36. The van der Waals surface area contributed by atoms with Crippen LogP contribution in [0.4, 0.5) is 5.69 Å². The molecule has 0 aromatic heterocycles. The number of benzene rings is 1. The van der Waals surface area contributed by atoms with E-state index in [1.54, 1.807) is 6.07 Å². The summed E-state index contributed by atoms with van der Waals surface area (Å²) in [5.41, 5.74) is 1.02. The topological polar surface area (TPSA) is 6.48 Å². The van der Waals surface area contributed by atoms with E-state index >= 15 is 0 Å². The van der Waals surface area contributed by atoms with Gasteiger partial charge in [-0.25, -0.2) is 0 Å². The molecule has 1 unspecified atom stereocenters. The molecule has 0 amide bonds. The molecule has 0 N–H and O–H groups in total. The van der Waals surface area contributed by atoms with Gasteiger partial charge in [-0.3, -0.25) is 4.90 Å². The zero-order valence-corrected chi connectivity index (χ0v) is 13.0. The van der Waals surface area contributed by atoms with Crippen LogP contribution in [0.15, 0.2) is 12.1 Å². The zero-order valence-electron chi connectivity index (χ0n) is 10.7. The molecule has 104 valence electrons. The van der Waals surface area contributed by atoms with Gasteiger partial charge in [0, 0.05) is 25.7 Å². The maximum Gasteiger partial charge on any atom is 0.0655 e. The summed E-state index contributed by atoms with van der Waals surface area (Å²) >= 11 is 18.5. The van der Waals surface area contributed by atoms with Crippen molar-refractivity contribution in [3.8, 4) is 0 Å². The lowest BCUT2D eigenvalue weighted by Gasteiger charge is -2.28. The van der Waals surface area contributed by atoms with E-state index < -0.39 is 0 Å². The van der Waals surface area contributed by atoms with Gasteiger partial charge in [-0.1, -0.05) is 34.8 Å². The fourth-order valence-electron chi connectivity index (χ4n) is 3.18. The smallest absolute Gasteiger partial charge is 0.0655 e. The molecule has 2 aliphatic heterocycles. The quantitative estimate of drug-likeness (QED) is 0.711. The van der Waals surface area contributed by atoms with Gasteiger partial charge in [0.2, 0.25) is 0 Å². The standard InChI is InChI=1S/C14H17Cl3N2/c15-11-7-13(17)14(8-12(11)16)19-6-2-5-18-4-1-3-10(18)9-19/h7-8,10H,1-6,9H2. The summed E-state index contributed by atoms with van der Waals surface area (Å²) in [5, 5.41) is 1.79. The molecule has 2 fully saturated rings. The Morgan fingerprint density at radius 2 is 1.63 bits per heavy atom. The van der Waals surface area contributed by atoms with Crippen LogP contribution in [0.2, 0.25) is 15.1 Å². The summed E-state index contributed by atoms with van der Waals surface area (Å²) in [5.74, 6) is 0. The van der Waals surface area contributed by atoms with Crippen LogP contribution in [-0.2, 0) is 0 Å². The second-order valence-corrected chi connectivity index (χ2v) is 6.57. The minimum atomic E-state index is 0.521. The molecule has 1 atom stereocenters. The molecule has 1 aromatic rings. The lowest BCUT2D eigenvalue weighted by atomic mass is 10.2. The lowest BCUT2D eigenvalue weighted by molar-refractivity contribution is 0.273. The van der Waals surface area contributed by atoms with E-state index in [9.17, 15) is 0 Å². The SMILES string of the molecule is Clc1cc(Cl)c(N2CCCN3CCCC3C2)cc1Cl. The Kier molecular flexibility index (Phi) is 4.14. The van der Waals surface area contributed by atoms with Gasteiger partial charge in [0.15, 0.2) is 0 Å². The summed E-state index contributed by atoms with van der Waals surface area (Å²) in [6, 6.07) is 4.31. The molecular formula is C14H17Cl3N2. The van der Waals surface area contributed by atoms with Crippen LogP contribution in [0.25, 0.3) is 0 Å². The molecule has 19 heavy (non-hydrogen) atoms. The number of hydrogen-bond acceptors (Lipinski definition) is 2. The van der Waals surface area contributed by atoms with Crippen LogP contribution in [0.3, 0.4) is 0 Å². The first-order valence-corrected chi connectivity index (χ1v) is 7.92. The van der Waals surface area contributed by atoms with Crippen LogP contribution in [0.5, 0.6) is 0 Å². The fraction of sp³-hybridized carbons (Fsp3) is 0.571. The van der Waals surface area contributed by atoms with Crippen molar-refractivity contribution in [2.45, 2.75) is 25.3 Å². The second kappa shape index (κ2) is 5.69. The molecule has 3 rings (SSSR count). The lowest BCUT2D eigenvalue weighted by Crippen LogP contribution is -2.36. The van der Waals surface area contributed by atoms with Gasteiger partial charge in [0.25, 0.3) is 0 Å². The number of anilines is 1. The predicted molar refractivity (Wildman–Crippen MR) is 82.9 cm³/mol. The van der Waals surface area contributed by atoms with Gasteiger partial charge >= 0.3 is 0 Å². The summed E-state index contributed by atoms with van der Waals surface area (Å²) in [7, 11) is 0. The van der Waals surface area contributed by atoms with Crippen molar-refractivity contribution in [2.75, 3.05) is 31.1 Å². The van der Waals surface area contributed by atoms with Crippen LogP contribution >= 0.6 is 34.8 Å². The molecule has 0 saturated carbocycles. The van der Waals surface area contributed by atoms with Crippen molar-refractivity contribution >= 4 is 40.5 Å². The van der Waals surface area contributed by atoms with E-state index in [1.807, 2.05) is 6.07 Å². The van der Waals surface area contributed by atoms with Crippen molar-refractivity contribution in [3.63, 3.8) is 0 Å². The Labute approximate surface area is 129 Å². The molecule has 2 heterocycles. The Morgan fingerprint density at radius 3 is 2.47 bits per heavy atom. The average molecular weight is 320 g/mol. The third-order valence-corrected chi connectivity index (χ3v) is 5.16. The van der Waals surface area contributed by atoms with Crippen molar-refractivity contribution in [3.05, 3.63) is 27.2 Å². The molecule has 0 aliphatic carbocycles. The van der Waals surface area contributed by atoms with Gasteiger partial charge < -0.3 is 4.90 Å². The van der Waals surface area contributed by atoms with E-state index in [1.165, 1.54) is 32.4 Å².